The van der Waals surface area contributed by atoms with Crippen molar-refractivity contribution in [1.29, 1.82) is 0 Å². The molecule has 4 nitrogen and oxygen atoms in total. The van der Waals surface area contributed by atoms with Gasteiger partial charge in [0.25, 0.3) is 5.56 Å². The molecule has 1 saturated carbocycles. The highest BCUT2D eigenvalue weighted by molar-refractivity contribution is 4.95. The highest BCUT2D eigenvalue weighted by Crippen LogP contribution is 2.17. The molecule has 16 heavy (non-hydrogen) atoms. The molecule has 0 saturated heterocycles. The minimum atomic E-state index is 0.0423. The van der Waals surface area contributed by atoms with E-state index >= 15 is 0 Å². The molecule has 0 atom stereocenters. The van der Waals surface area contributed by atoms with Gasteiger partial charge in [0.1, 0.15) is 0 Å². The Morgan fingerprint density at radius 1 is 1.50 bits per heavy atom. The predicted molar refractivity (Wildman–Crippen MR) is 63.5 cm³/mol. The molecular weight excluding hydrogens is 202 g/mol. The van der Waals surface area contributed by atoms with Crippen molar-refractivity contribution in [3.63, 3.8) is 0 Å². The van der Waals surface area contributed by atoms with Gasteiger partial charge in [-0.2, -0.15) is 0 Å². The summed E-state index contributed by atoms with van der Waals surface area (Å²) in [4.78, 5) is 15.7. The Morgan fingerprint density at radius 2 is 2.25 bits per heavy atom. The van der Waals surface area contributed by atoms with Crippen LogP contribution in [-0.4, -0.2) is 22.1 Å². The van der Waals surface area contributed by atoms with E-state index in [9.17, 15) is 4.79 Å². The van der Waals surface area contributed by atoms with Gasteiger partial charge in [-0.05, 0) is 19.8 Å². The molecule has 0 unspecified atom stereocenters. The summed E-state index contributed by atoms with van der Waals surface area (Å²) in [6.45, 7) is 3.40. The van der Waals surface area contributed by atoms with Crippen molar-refractivity contribution in [3.05, 3.63) is 28.4 Å². The molecule has 1 N–H and O–H groups in total. The maximum absolute atomic E-state index is 11.6. The summed E-state index contributed by atoms with van der Waals surface area (Å²) >= 11 is 0. The third-order valence-electron chi connectivity index (χ3n) is 3.16. The molecule has 4 heteroatoms. The lowest BCUT2D eigenvalue weighted by Crippen LogP contribution is -2.32. The largest absolute Gasteiger partial charge is 0.312 e. The highest BCUT2D eigenvalue weighted by Gasteiger charge is 2.13. The van der Waals surface area contributed by atoms with Crippen LogP contribution in [0.5, 0.6) is 0 Å². The molecule has 1 heterocycles. The molecule has 2 rings (SSSR count). The van der Waals surface area contributed by atoms with E-state index in [4.69, 9.17) is 0 Å². The maximum Gasteiger partial charge on any atom is 0.253 e. The van der Waals surface area contributed by atoms with Crippen molar-refractivity contribution in [2.75, 3.05) is 6.54 Å². The number of aromatic nitrogens is 2. The number of hydrogen-bond donors (Lipinski definition) is 1. The molecule has 1 aromatic heterocycles. The van der Waals surface area contributed by atoms with Crippen LogP contribution in [0.3, 0.4) is 0 Å². The molecule has 0 aliphatic heterocycles. The fourth-order valence-electron chi connectivity index (χ4n) is 2.20. The van der Waals surface area contributed by atoms with Gasteiger partial charge in [0.2, 0.25) is 0 Å². The minimum absolute atomic E-state index is 0.0423. The van der Waals surface area contributed by atoms with Gasteiger partial charge >= 0.3 is 0 Å². The standard InChI is InChI=1S/C12H19N3O/c1-10-8-12(16)15(9-14-10)7-6-13-11-4-2-3-5-11/h8-9,11,13H,2-7H2,1H3. The zero-order valence-corrected chi connectivity index (χ0v) is 9.78. The van der Waals surface area contributed by atoms with E-state index in [1.807, 2.05) is 6.92 Å². The van der Waals surface area contributed by atoms with E-state index in [0.29, 0.717) is 12.6 Å². The summed E-state index contributed by atoms with van der Waals surface area (Å²) in [5.74, 6) is 0. The molecule has 0 bridgehead atoms. The van der Waals surface area contributed by atoms with Crippen molar-refractivity contribution >= 4 is 0 Å². The lowest BCUT2D eigenvalue weighted by Gasteiger charge is -2.12. The lowest BCUT2D eigenvalue weighted by molar-refractivity contribution is 0.490. The van der Waals surface area contributed by atoms with Gasteiger partial charge in [-0.1, -0.05) is 12.8 Å². The van der Waals surface area contributed by atoms with E-state index < -0.39 is 0 Å². The van der Waals surface area contributed by atoms with Crippen LogP contribution in [0.2, 0.25) is 0 Å². The van der Waals surface area contributed by atoms with Crippen molar-refractivity contribution in [2.24, 2.45) is 0 Å². The molecule has 0 aromatic carbocycles. The molecule has 88 valence electrons. The first-order valence-electron chi connectivity index (χ1n) is 6.02. The fourth-order valence-corrected chi connectivity index (χ4v) is 2.20. The molecule has 1 aromatic rings. The van der Waals surface area contributed by atoms with Crippen LogP contribution < -0.4 is 10.9 Å². The van der Waals surface area contributed by atoms with Crippen LogP contribution in [0, 0.1) is 6.92 Å². The first-order chi connectivity index (χ1) is 7.75. The van der Waals surface area contributed by atoms with Gasteiger partial charge < -0.3 is 5.32 Å². The third kappa shape index (κ3) is 2.92. The summed E-state index contributed by atoms with van der Waals surface area (Å²) < 4.78 is 1.66. The summed E-state index contributed by atoms with van der Waals surface area (Å²) in [5.41, 5.74) is 0.825. The molecule has 1 fully saturated rings. The van der Waals surface area contributed by atoms with Gasteiger partial charge in [0, 0.05) is 30.9 Å². The van der Waals surface area contributed by atoms with Crippen LogP contribution in [0.25, 0.3) is 0 Å². The molecule has 1 aliphatic rings. The van der Waals surface area contributed by atoms with Crippen molar-refractivity contribution in [3.8, 4) is 0 Å². The second-order valence-electron chi connectivity index (χ2n) is 4.50. The zero-order valence-electron chi connectivity index (χ0n) is 9.78. The third-order valence-corrected chi connectivity index (χ3v) is 3.16. The first kappa shape index (κ1) is 11.3. The number of nitrogens with one attached hydrogen (secondary N) is 1. The Hall–Kier alpha value is -1.16. The van der Waals surface area contributed by atoms with Crippen LogP contribution in [0.15, 0.2) is 17.2 Å². The topological polar surface area (TPSA) is 46.9 Å². The van der Waals surface area contributed by atoms with Gasteiger partial charge in [-0.3, -0.25) is 9.36 Å². The molecule has 0 radical (unpaired) electrons. The summed E-state index contributed by atoms with van der Waals surface area (Å²) in [5, 5.41) is 3.48. The van der Waals surface area contributed by atoms with Gasteiger partial charge in [-0.15, -0.1) is 0 Å². The lowest BCUT2D eigenvalue weighted by atomic mass is 10.2. The minimum Gasteiger partial charge on any atom is -0.312 e. The Balaban J connectivity index is 1.82. The number of aryl methyl sites for hydroxylation is 1. The summed E-state index contributed by atoms with van der Waals surface area (Å²) in [7, 11) is 0. The monoisotopic (exact) mass is 221 g/mol. The normalized spacial score (nSPS) is 16.8. The van der Waals surface area contributed by atoms with Gasteiger partial charge in [-0.25, -0.2) is 4.98 Å². The Labute approximate surface area is 95.7 Å². The number of nitrogens with zero attached hydrogens (tertiary/aromatic N) is 2. The van der Waals surface area contributed by atoms with Crippen LogP contribution in [0.4, 0.5) is 0 Å². The second kappa shape index (κ2) is 5.25. The fraction of sp³-hybridized carbons (Fsp3) is 0.667. The Kier molecular flexibility index (Phi) is 3.72. The summed E-state index contributed by atoms with van der Waals surface area (Å²) in [6, 6.07) is 2.24. The Morgan fingerprint density at radius 3 is 2.94 bits per heavy atom. The maximum atomic E-state index is 11.6. The number of rotatable bonds is 4. The quantitative estimate of drug-likeness (QED) is 0.827. The van der Waals surface area contributed by atoms with Crippen LogP contribution >= 0.6 is 0 Å². The number of hydrogen-bond acceptors (Lipinski definition) is 3. The van der Waals surface area contributed by atoms with Crippen LogP contribution in [0.1, 0.15) is 31.4 Å². The van der Waals surface area contributed by atoms with E-state index in [-0.39, 0.29) is 5.56 Å². The average molecular weight is 221 g/mol. The molecule has 1 aliphatic carbocycles. The zero-order chi connectivity index (χ0) is 11.4. The molecular formula is C12H19N3O. The predicted octanol–water partition coefficient (Wildman–Crippen LogP) is 1.08. The SMILES string of the molecule is Cc1cc(=O)n(CCNC2CCCC2)cn1. The van der Waals surface area contributed by atoms with E-state index in [0.717, 1.165) is 12.2 Å². The van der Waals surface area contributed by atoms with E-state index in [1.54, 1.807) is 17.0 Å². The van der Waals surface area contributed by atoms with Crippen molar-refractivity contribution < 1.29 is 0 Å². The Bertz CT molecular complexity index is 393. The average Bonchev–Trinajstić information content (AvgIpc) is 2.74. The molecule has 0 spiro atoms. The van der Waals surface area contributed by atoms with Gasteiger partial charge in [0.15, 0.2) is 0 Å². The van der Waals surface area contributed by atoms with Crippen LogP contribution in [-0.2, 0) is 6.54 Å². The van der Waals surface area contributed by atoms with E-state index in [1.165, 1.54) is 25.7 Å². The summed E-state index contributed by atoms with van der Waals surface area (Å²) in [6.07, 6.45) is 6.86. The first-order valence-corrected chi connectivity index (χ1v) is 6.02. The highest BCUT2D eigenvalue weighted by atomic mass is 16.1. The van der Waals surface area contributed by atoms with Gasteiger partial charge in [0.05, 0.1) is 6.33 Å². The van der Waals surface area contributed by atoms with E-state index in [2.05, 4.69) is 10.3 Å². The second-order valence-corrected chi connectivity index (χ2v) is 4.50. The van der Waals surface area contributed by atoms with Crippen molar-refractivity contribution in [2.45, 2.75) is 45.2 Å². The smallest absolute Gasteiger partial charge is 0.253 e. The molecule has 0 amide bonds. The van der Waals surface area contributed by atoms with Crippen molar-refractivity contribution in [1.82, 2.24) is 14.9 Å².